The highest BCUT2D eigenvalue weighted by molar-refractivity contribution is 5.61. The molecule has 3 N–H and O–H groups in total. The van der Waals surface area contributed by atoms with Gasteiger partial charge in [0.1, 0.15) is 6.07 Å². The van der Waals surface area contributed by atoms with Gasteiger partial charge in [-0.2, -0.15) is 28.4 Å². The normalized spacial score (nSPS) is 14.9. The van der Waals surface area contributed by atoms with Crippen LogP contribution in [0.2, 0.25) is 0 Å². The van der Waals surface area contributed by atoms with Gasteiger partial charge >= 0.3 is 6.18 Å². The summed E-state index contributed by atoms with van der Waals surface area (Å²) in [6, 6.07) is 9.79. The lowest BCUT2D eigenvalue weighted by atomic mass is 10.0. The van der Waals surface area contributed by atoms with Gasteiger partial charge in [0.15, 0.2) is 18.0 Å². The summed E-state index contributed by atoms with van der Waals surface area (Å²) in [4.78, 5) is 10.0. The topological polar surface area (TPSA) is 115 Å². The number of aliphatic hydroxyl groups is 2. The van der Waals surface area contributed by atoms with Crippen molar-refractivity contribution in [3.63, 3.8) is 0 Å². The fraction of sp³-hybridized carbons (Fsp3) is 0.450. The number of benzene rings is 1. The smallest absolute Gasteiger partial charge is 0.422 e. The lowest BCUT2D eigenvalue weighted by Gasteiger charge is -2.24. The number of rotatable bonds is 7. The number of nitrogens with zero attached hydrogens (tertiary/aromatic N) is 4. The Morgan fingerprint density at radius 1 is 1.19 bits per heavy atom. The van der Waals surface area contributed by atoms with E-state index < -0.39 is 31.4 Å². The molecule has 1 aromatic carbocycles. The van der Waals surface area contributed by atoms with Crippen molar-refractivity contribution in [3.05, 3.63) is 41.0 Å². The molecular formula is C20H22F3N5O3. The molecule has 166 valence electrons. The maximum Gasteiger partial charge on any atom is 0.422 e. The van der Waals surface area contributed by atoms with Crippen molar-refractivity contribution in [1.29, 1.82) is 5.26 Å². The number of aromatic nitrogens is 2. The van der Waals surface area contributed by atoms with Gasteiger partial charge in [0, 0.05) is 19.6 Å². The molecule has 0 spiro atoms. The Hall–Kier alpha value is -3.10. The molecule has 0 amide bonds. The number of alkyl halides is 3. The molecule has 31 heavy (non-hydrogen) atoms. The SMILES string of the molecule is N#Cc1c(OCC(F)(F)F)nc(NCC(O)CO)nc1N1CCc2ccccc2CC1. The quantitative estimate of drug-likeness (QED) is 0.599. The molecule has 0 aliphatic carbocycles. The molecule has 11 heteroatoms. The third-order valence-electron chi connectivity index (χ3n) is 4.77. The second-order valence-corrected chi connectivity index (χ2v) is 7.04. The van der Waals surface area contributed by atoms with E-state index in [0.29, 0.717) is 25.9 Å². The largest absolute Gasteiger partial charge is 0.467 e. The first-order valence-corrected chi connectivity index (χ1v) is 9.67. The van der Waals surface area contributed by atoms with Crippen LogP contribution < -0.4 is 15.0 Å². The summed E-state index contributed by atoms with van der Waals surface area (Å²) in [6.45, 7) is -1.26. The number of fused-ring (bicyclic) bond motifs is 1. The van der Waals surface area contributed by atoms with Gasteiger partial charge in [-0.05, 0) is 24.0 Å². The second-order valence-electron chi connectivity index (χ2n) is 7.04. The number of anilines is 2. The Morgan fingerprint density at radius 2 is 1.84 bits per heavy atom. The molecule has 1 atom stereocenters. The third-order valence-corrected chi connectivity index (χ3v) is 4.77. The minimum Gasteiger partial charge on any atom is -0.467 e. The molecule has 8 nitrogen and oxygen atoms in total. The molecule has 1 unspecified atom stereocenters. The van der Waals surface area contributed by atoms with E-state index in [4.69, 9.17) is 9.84 Å². The van der Waals surface area contributed by atoms with Crippen LogP contribution in [-0.4, -0.2) is 65.3 Å². The molecule has 1 aromatic heterocycles. The molecule has 0 radical (unpaired) electrons. The Bertz CT molecular complexity index is 922. The van der Waals surface area contributed by atoms with Gasteiger partial charge in [0.05, 0.1) is 12.7 Å². The predicted octanol–water partition coefficient (Wildman–Crippen LogP) is 1.66. The molecule has 0 fully saturated rings. The highest BCUT2D eigenvalue weighted by Gasteiger charge is 2.31. The van der Waals surface area contributed by atoms with Crippen molar-refractivity contribution < 1.29 is 28.1 Å². The van der Waals surface area contributed by atoms with Gasteiger partial charge in [-0.3, -0.25) is 0 Å². The number of nitriles is 1. The predicted molar refractivity (Wildman–Crippen MR) is 106 cm³/mol. The Morgan fingerprint density at radius 3 is 2.39 bits per heavy atom. The Labute approximate surface area is 176 Å². The van der Waals surface area contributed by atoms with Crippen molar-refractivity contribution in [2.75, 3.05) is 43.1 Å². The fourth-order valence-electron chi connectivity index (χ4n) is 3.24. The first-order valence-electron chi connectivity index (χ1n) is 9.67. The Kier molecular flexibility index (Phi) is 7.14. The molecule has 0 saturated heterocycles. The van der Waals surface area contributed by atoms with E-state index in [-0.39, 0.29) is 23.9 Å². The van der Waals surface area contributed by atoms with Gasteiger partial charge in [0.25, 0.3) is 0 Å². The van der Waals surface area contributed by atoms with Crippen LogP contribution in [0.3, 0.4) is 0 Å². The zero-order chi connectivity index (χ0) is 22.4. The molecule has 1 aliphatic heterocycles. The van der Waals surface area contributed by atoms with E-state index in [1.54, 1.807) is 0 Å². The minimum absolute atomic E-state index is 0.111. The van der Waals surface area contributed by atoms with Crippen molar-refractivity contribution >= 4 is 11.8 Å². The van der Waals surface area contributed by atoms with E-state index in [0.717, 1.165) is 11.1 Å². The minimum atomic E-state index is -4.61. The average molecular weight is 437 g/mol. The highest BCUT2D eigenvalue weighted by atomic mass is 19.4. The highest BCUT2D eigenvalue weighted by Crippen LogP contribution is 2.30. The van der Waals surface area contributed by atoms with Crippen molar-refractivity contribution in [2.24, 2.45) is 0 Å². The van der Waals surface area contributed by atoms with Crippen LogP contribution in [-0.2, 0) is 12.8 Å². The third kappa shape index (κ3) is 5.96. The first kappa shape index (κ1) is 22.6. The summed E-state index contributed by atoms with van der Waals surface area (Å²) in [5.74, 6) is -0.448. The van der Waals surface area contributed by atoms with Crippen LogP contribution >= 0.6 is 0 Å². The number of nitrogens with one attached hydrogen (secondary N) is 1. The summed E-state index contributed by atoms with van der Waals surface area (Å²) >= 11 is 0. The summed E-state index contributed by atoms with van der Waals surface area (Å²) in [6.07, 6.45) is -4.37. The number of ether oxygens (including phenoxy) is 1. The second kappa shape index (κ2) is 9.80. The molecule has 1 aliphatic rings. The first-order chi connectivity index (χ1) is 14.8. The molecule has 0 saturated carbocycles. The standard InChI is InChI=1S/C20H22F3N5O3/c21-20(22,23)12-31-18-16(9-24)17(26-19(27-18)25-10-15(30)11-29)28-7-5-13-3-1-2-4-14(13)6-8-28/h1-4,15,29-30H,5-8,10-12H2,(H,25,26,27). The van der Waals surface area contributed by atoms with Crippen LogP contribution in [0.5, 0.6) is 5.88 Å². The van der Waals surface area contributed by atoms with Crippen LogP contribution in [0, 0.1) is 11.3 Å². The van der Waals surface area contributed by atoms with E-state index in [9.17, 15) is 23.5 Å². The summed E-state index contributed by atoms with van der Waals surface area (Å²) < 4.78 is 42.9. The van der Waals surface area contributed by atoms with Crippen molar-refractivity contribution in [1.82, 2.24) is 9.97 Å². The molecule has 3 rings (SSSR count). The number of hydrogen-bond donors (Lipinski definition) is 3. The van der Waals surface area contributed by atoms with Gasteiger partial charge in [-0.1, -0.05) is 24.3 Å². The average Bonchev–Trinajstić information content (AvgIpc) is 2.97. The summed E-state index contributed by atoms with van der Waals surface area (Å²) in [5, 5.41) is 30.8. The van der Waals surface area contributed by atoms with Gasteiger partial charge in [0.2, 0.25) is 11.8 Å². The van der Waals surface area contributed by atoms with E-state index in [1.807, 2.05) is 35.2 Å². The maximum atomic E-state index is 12.7. The zero-order valence-electron chi connectivity index (χ0n) is 16.6. The summed E-state index contributed by atoms with van der Waals surface area (Å²) in [7, 11) is 0. The van der Waals surface area contributed by atoms with Crippen molar-refractivity contribution in [3.8, 4) is 11.9 Å². The fourth-order valence-corrected chi connectivity index (χ4v) is 3.24. The summed E-state index contributed by atoms with van der Waals surface area (Å²) in [5.41, 5.74) is 2.13. The van der Waals surface area contributed by atoms with Crippen LogP contribution in [0.25, 0.3) is 0 Å². The maximum absolute atomic E-state index is 12.7. The van der Waals surface area contributed by atoms with E-state index >= 15 is 0 Å². The lowest BCUT2D eigenvalue weighted by molar-refractivity contribution is -0.154. The van der Waals surface area contributed by atoms with Gasteiger partial charge in [-0.15, -0.1) is 0 Å². The molecule has 0 bridgehead atoms. The molecule has 2 heterocycles. The zero-order valence-corrected chi connectivity index (χ0v) is 16.6. The number of aliphatic hydroxyl groups excluding tert-OH is 2. The Balaban J connectivity index is 1.93. The monoisotopic (exact) mass is 437 g/mol. The van der Waals surface area contributed by atoms with E-state index in [2.05, 4.69) is 15.3 Å². The number of hydrogen-bond acceptors (Lipinski definition) is 8. The lowest BCUT2D eigenvalue weighted by Crippen LogP contribution is -2.30. The van der Waals surface area contributed by atoms with Crippen LogP contribution in [0.15, 0.2) is 24.3 Å². The molecular weight excluding hydrogens is 415 g/mol. The van der Waals surface area contributed by atoms with Crippen molar-refractivity contribution in [2.45, 2.75) is 25.1 Å². The van der Waals surface area contributed by atoms with Gasteiger partial charge in [-0.25, -0.2) is 0 Å². The number of halogens is 3. The van der Waals surface area contributed by atoms with Crippen LogP contribution in [0.1, 0.15) is 16.7 Å². The van der Waals surface area contributed by atoms with Gasteiger partial charge < -0.3 is 25.2 Å². The molecule has 2 aromatic rings. The van der Waals surface area contributed by atoms with E-state index in [1.165, 1.54) is 0 Å². The van der Waals surface area contributed by atoms with Crippen LogP contribution in [0.4, 0.5) is 24.9 Å².